The van der Waals surface area contributed by atoms with Gasteiger partial charge in [-0.1, -0.05) is 32.9 Å². The Morgan fingerprint density at radius 3 is 2.57 bits per heavy atom. The molecule has 1 atom stereocenters. The lowest BCUT2D eigenvalue weighted by molar-refractivity contribution is -0.0858. The van der Waals surface area contributed by atoms with Crippen LogP contribution in [0.1, 0.15) is 65.1 Å². The summed E-state index contributed by atoms with van der Waals surface area (Å²) in [6.45, 7) is 9.89. The summed E-state index contributed by atoms with van der Waals surface area (Å²) in [6, 6.07) is 0.325. The highest BCUT2D eigenvalue weighted by atomic mass is 16.5. The third-order valence-corrected chi connectivity index (χ3v) is 4.49. The van der Waals surface area contributed by atoms with E-state index < -0.39 is 0 Å². The van der Waals surface area contributed by atoms with Crippen molar-refractivity contribution in [1.82, 2.24) is 15.5 Å². The number of nitrogens with one attached hydrogen (secondary N) is 1. The highest BCUT2D eigenvalue weighted by molar-refractivity contribution is 5.07. The maximum absolute atomic E-state index is 5.61. The third kappa shape index (κ3) is 3.64. The molecule has 0 saturated heterocycles. The van der Waals surface area contributed by atoms with Gasteiger partial charge in [-0.3, -0.25) is 0 Å². The standard InChI is InChI=1S/C16H29N3O2/c1-6-10-17-12(15(2,3)4)11-13-18-14(19-21-13)16(20-5)8-7-9-16/h12,17H,6-11H2,1-5H3. The van der Waals surface area contributed by atoms with Gasteiger partial charge >= 0.3 is 0 Å². The molecule has 21 heavy (non-hydrogen) atoms. The van der Waals surface area contributed by atoms with E-state index in [1.54, 1.807) is 7.11 Å². The molecule has 1 aromatic heterocycles. The fourth-order valence-corrected chi connectivity index (χ4v) is 2.72. The van der Waals surface area contributed by atoms with Crippen LogP contribution < -0.4 is 5.32 Å². The van der Waals surface area contributed by atoms with Gasteiger partial charge in [-0.05, 0) is 37.6 Å². The van der Waals surface area contributed by atoms with E-state index in [0.717, 1.165) is 38.1 Å². The molecule has 0 spiro atoms. The van der Waals surface area contributed by atoms with Gasteiger partial charge in [0, 0.05) is 19.6 Å². The maximum Gasteiger partial charge on any atom is 0.228 e. The van der Waals surface area contributed by atoms with Crippen LogP contribution in [0.4, 0.5) is 0 Å². The molecule has 1 heterocycles. The molecule has 0 amide bonds. The predicted molar refractivity (Wildman–Crippen MR) is 82.1 cm³/mol. The van der Waals surface area contributed by atoms with Crippen LogP contribution in [0.2, 0.25) is 0 Å². The summed E-state index contributed by atoms with van der Waals surface area (Å²) in [6.07, 6.45) is 5.02. The van der Waals surface area contributed by atoms with Gasteiger partial charge in [-0.15, -0.1) is 0 Å². The fourth-order valence-electron chi connectivity index (χ4n) is 2.72. The van der Waals surface area contributed by atoms with Gasteiger partial charge in [-0.25, -0.2) is 0 Å². The molecular formula is C16H29N3O2. The highest BCUT2D eigenvalue weighted by Gasteiger charge is 2.43. The molecule has 5 heteroatoms. The van der Waals surface area contributed by atoms with E-state index in [1.165, 1.54) is 6.42 Å². The molecule has 1 saturated carbocycles. The number of hydrogen-bond donors (Lipinski definition) is 1. The van der Waals surface area contributed by atoms with E-state index in [1.807, 2.05) is 0 Å². The molecule has 1 fully saturated rings. The summed E-state index contributed by atoms with van der Waals surface area (Å²) < 4.78 is 11.1. The Balaban J connectivity index is 2.06. The molecule has 2 rings (SSSR count). The lowest BCUT2D eigenvalue weighted by atomic mass is 9.79. The van der Waals surface area contributed by atoms with E-state index in [2.05, 4.69) is 43.2 Å². The molecule has 1 aliphatic rings. The molecule has 120 valence electrons. The zero-order valence-electron chi connectivity index (χ0n) is 14.0. The van der Waals surface area contributed by atoms with Crippen molar-refractivity contribution in [2.75, 3.05) is 13.7 Å². The lowest BCUT2D eigenvalue weighted by Gasteiger charge is -2.37. The monoisotopic (exact) mass is 295 g/mol. The fraction of sp³-hybridized carbons (Fsp3) is 0.875. The molecule has 1 aliphatic carbocycles. The Bertz CT molecular complexity index is 441. The topological polar surface area (TPSA) is 60.2 Å². The molecule has 0 aliphatic heterocycles. The minimum absolute atomic E-state index is 0.152. The Labute approximate surface area is 127 Å². The van der Waals surface area contributed by atoms with Gasteiger partial charge < -0.3 is 14.6 Å². The smallest absolute Gasteiger partial charge is 0.228 e. The summed E-state index contributed by atoms with van der Waals surface area (Å²) in [4.78, 5) is 4.59. The van der Waals surface area contributed by atoms with Crippen LogP contribution in [0.5, 0.6) is 0 Å². The van der Waals surface area contributed by atoms with E-state index in [-0.39, 0.29) is 11.0 Å². The number of nitrogens with zero attached hydrogens (tertiary/aromatic N) is 2. The van der Waals surface area contributed by atoms with Gasteiger partial charge in [0.15, 0.2) is 0 Å². The lowest BCUT2D eigenvalue weighted by Crippen LogP contribution is -2.42. The van der Waals surface area contributed by atoms with E-state index in [0.29, 0.717) is 11.9 Å². The van der Waals surface area contributed by atoms with Crippen LogP contribution >= 0.6 is 0 Å². The first-order valence-electron chi connectivity index (χ1n) is 8.03. The second kappa shape index (κ2) is 6.44. The zero-order valence-corrected chi connectivity index (χ0v) is 14.0. The van der Waals surface area contributed by atoms with Crippen molar-refractivity contribution in [3.8, 4) is 0 Å². The van der Waals surface area contributed by atoms with Crippen LogP contribution in [0.3, 0.4) is 0 Å². The molecule has 1 unspecified atom stereocenters. The minimum Gasteiger partial charge on any atom is -0.370 e. The van der Waals surface area contributed by atoms with Crippen molar-refractivity contribution in [2.45, 2.75) is 71.4 Å². The van der Waals surface area contributed by atoms with Gasteiger partial charge in [0.1, 0.15) is 5.60 Å². The predicted octanol–water partition coefficient (Wildman–Crippen LogP) is 3.05. The van der Waals surface area contributed by atoms with Crippen LogP contribution in [0, 0.1) is 5.41 Å². The largest absolute Gasteiger partial charge is 0.370 e. The molecule has 0 bridgehead atoms. The van der Waals surface area contributed by atoms with E-state index >= 15 is 0 Å². The van der Waals surface area contributed by atoms with Crippen LogP contribution in [-0.2, 0) is 16.8 Å². The van der Waals surface area contributed by atoms with Crippen LogP contribution in [0.15, 0.2) is 4.52 Å². The van der Waals surface area contributed by atoms with Crippen molar-refractivity contribution in [3.63, 3.8) is 0 Å². The number of methoxy groups -OCH3 is 1. The first kappa shape index (κ1) is 16.4. The average Bonchev–Trinajstić information content (AvgIpc) is 2.81. The molecular weight excluding hydrogens is 266 g/mol. The van der Waals surface area contributed by atoms with Crippen molar-refractivity contribution in [2.24, 2.45) is 5.41 Å². The quantitative estimate of drug-likeness (QED) is 0.837. The zero-order chi connectivity index (χ0) is 15.5. The van der Waals surface area contributed by atoms with Crippen molar-refractivity contribution >= 4 is 0 Å². The Kier molecular flexibility index (Phi) is 5.04. The number of hydrogen-bond acceptors (Lipinski definition) is 5. The summed E-state index contributed by atoms with van der Waals surface area (Å²) in [5.41, 5.74) is -0.144. The molecule has 1 N–H and O–H groups in total. The third-order valence-electron chi connectivity index (χ3n) is 4.49. The first-order chi connectivity index (χ1) is 9.91. The summed E-state index contributed by atoms with van der Waals surface area (Å²) >= 11 is 0. The molecule has 5 nitrogen and oxygen atoms in total. The van der Waals surface area contributed by atoms with Crippen LogP contribution in [-0.4, -0.2) is 29.8 Å². The highest BCUT2D eigenvalue weighted by Crippen LogP contribution is 2.42. The molecule has 0 radical (unpaired) electrons. The Hall–Kier alpha value is -0.940. The summed E-state index contributed by atoms with van der Waals surface area (Å²) in [7, 11) is 1.73. The number of aromatic nitrogens is 2. The van der Waals surface area contributed by atoms with Crippen molar-refractivity contribution < 1.29 is 9.26 Å². The van der Waals surface area contributed by atoms with E-state index in [4.69, 9.17) is 9.26 Å². The second-order valence-corrected chi connectivity index (χ2v) is 7.14. The number of ether oxygens (including phenoxy) is 1. The summed E-state index contributed by atoms with van der Waals surface area (Å²) in [5, 5.41) is 7.75. The Morgan fingerprint density at radius 1 is 1.38 bits per heavy atom. The second-order valence-electron chi connectivity index (χ2n) is 7.14. The molecule has 1 aromatic rings. The van der Waals surface area contributed by atoms with Crippen LogP contribution in [0.25, 0.3) is 0 Å². The van der Waals surface area contributed by atoms with Gasteiger partial charge in [0.25, 0.3) is 0 Å². The van der Waals surface area contributed by atoms with Crippen molar-refractivity contribution in [1.29, 1.82) is 0 Å². The SMILES string of the molecule is CCCNC(Cc1nc(C2(OC)CCC2)no1)C(C)(C)C. The normalized spacial score (nSPS) is 19.3. The van der Waals surface area contributed by atoms with Gasteiger partial charge in [0.2, 0.25) is 11.7 Å². The number of rotatable bonds is 7. The van der Waals surface area contributed by atoms with E-state index in [9.17, 15) is 0 Å². The molecule has 0 aromatic carbocycles. The maximum atomic E-state index is 5.61. The average molecular weight is 295 g/mol. The van der Waals surface area contributed by atoms with Gasteiger partial charge in [-0.2, -0.15) is 4.98 Å². The van der Waals surface area contributed by atoms with Gasteiger partial charge in [0.05, 0.1) is 0 Å². The summed E-state index contributed by atoms with van der Waals surface area (Å²) in [5.74, 6) is 1.42. The minimum atomic E-state index is -0.296. The van der Waals surface area contributed by atoms with Crippen molar-refractivity contribution in [3.05, 3.63) is 11.7 Å². The first-order valence-corrected chi connectivity index (χ1v) is 8.03. The Morgan fingerprint density at radius 2 is 2.10 bits per heavy atom.